The van der Waals surface area contributed by atoms with Crippen molar-refractivity contribution in [2.24, 2.45) is 0 Å². The van der Waals surface area contributed by atoms with Crippen molar-refractivity contribution in [3.63, 3.8) is 0 Å². The van der Waals surface area contributed by atoms with Crippen LogP contribution in [-0.2, 0) is 11.3 Å². The summed E-state index contributed by atoms with van der Waals surface area (Å²) in [7, 11) is 0. The van der Waals surface area contributed by atoms with Gasteiger partial charge in [-0.1, -0.05) is 30.9 Å². The number of aromatic nitrogens is 5. The fourth-order valence-corrected chi connectivity index (χ4v) is 3.42. The van der Waals surface area contributed by atoms with Crippen LogP contribution < -0.4 is 10.9 Å². The summed E-state index contributed by atoms with van der Waals surface area (Å²) in [5.41, 5.74) is 4.11. The predicted molar refractivity (Wildman–Crippen MR) is 111 cm³/mol. The van der Waals surface area contributed by atoms with E-state index in [1.165, 1.54) is 0 Å². The lowest BCUT2D eigenvalue weighted by atomic mass is 10.0. The van der Waals surface area contributed by atoms with Crippen molar-refractivity contribution in [3.05, 3.63) is 76.5 Å². The van der Waals surface area contributed by atoms with E-state index < -0.39 is 0 Å². The number of allylic oxidation sites excluding steroid dienone is 2. The molecule has 2 aromatic heterocycles. The van der Waals surface area contributed by atoms with Crippen molar-refractivity contribution in [1.29, 1.82) is 0 Å². The van der Waals surface area contributed by atoms with Crippen molar-refractivity contribution in [2.45, 2.75) is 26.5 Å². The number of nitrogens with zero attached hydrogens (tertiary/aromatic N) is 4. The summed E-state index contributed by atoms with van der Waals surface area (Å²) in [6.45, 7) is 8.78. The smallest absolute Gasteiger partial charge is 0.272 e. The number of fused-ring (bicyclic) bond motifs is 1. The number of hydrogen-bond donors (Lipinski definition) is 2. The molecule has 148 valence electrons. The Balaban J connectivity index is 1.73. The highest BCUT2D eigenvalue weighted by molar-refractivity contribution is 5.71. The quantitative estimate of drug-likeness (QED) is 0.649. The molecule has 0 bridgehead atoms. The summed E-state index contributed by atoms with van der Waals surface area (Å²) < 4.78 is 7.74. The molecule has 0 unspecified atom stereocenters. The average Bonchev–Trinajstić information content (AvgIpc) is 3.13. The number of aromatic amines is 1. The molecule has 0 aliphatic carbocycles. The predicted octanol–water partition coefficient (Wildman–Crippen LogP) is 3.28. The molecule has 0 spiro atoms. The number of H-pyrrole nitrogens is 1. The van der Waals surface area contributed by atoms with Crippen LogP contribution in [0, 0.1) is 6.92 Å². The third kappa shape index (κ3) is 3.62. The fourth-order valence-electron chi connectivity index (χ4n) is 3.42. The second-order valence-electron chi connectivity index (χ2n) is 6.94. The van der Waals surface area contributed by atoms with E-state index in [2.05, 4.69) is 36.9 Å². The third-order valence-corrected chi connectivity index (χ3v) is 5.01. The number of anilines is 2. The Morgan fingerprint density at radius 1 is 1.38 bits per heavy atom. The molecule has 0 amide bonds. The van der Waals surface area contributed by atoms with Crippen LogP contribution in [0.4, 0.5) is 11.6 Å². The van der Waals surface area contributed by atoms with Gasteiger partial charge in [-0.15, -0.1) is 10.2 Å². The Morgan fingerprint density at radius 2 is 2.24 bits per heavy atom. The van der Waals surface area contributed by atoms with Crippen molar-refractivity contribution >= 4 is 11.6 Å². The summed E-state index contributed by atoms with van der Waals surface area (Å²) >= 11 is 0. The minimum Gasteiger partial charge on any atom is -0.371 e. The molecule has 0 radical (unpaired) electrons. The van der Waals surface area contributed by atoms with Gasteiger partial charge in [-0.05, 0) is 42.7 Å². The second-order valence-corrected chi connectivity index (χ2v) is 6.94. The van der Waals surface area contributed by atoms with Gasteiger partial charge in [0.25, 0.3) is 5.56 Å². The van der Waals surface area contributed by atoms with Gasteiger partial charge in [-0.25, -0.2) is 5.10 Å². The first-order valence-electron chi connectivity index (χ1n) is 9.31. The van der Waals surface area contributed by atoms with Gasteiger partial charge in [0.1, 0.15) is 6.61 Å². The summed E-state index contributed by atoms with van der Waals surface area (Å²) in [5.74, 6) is 1.40. The van der Waals surface area contributed by atoms with Gasteiger partial charge in [0.2, 0.25) is 5.95 Å². The molecule has 8 heteroatoms. The van der Waals surface area contributed by atoms with Gasteiger partial charge >= 0.3 is 0 Å². The Bertz CT molecular complexity index is 1140. The van der Waals surface area contributed by atoms with E-state index in [0.717, 1.165) is 28.2 Å². The summed E-state index contributed by atoms with van der Waals surface area (Å²) in [5, 5.41) is 18.2. The summed E-state index contributed by atoms with van der Waals surface area (Å²) in [4.78, 5) is 12.1. The van der Waals surface area contributed by atoms with E-state index in [9.17, 15) is 4.79 Å². The third-order valence-electron chi connectivity index (χ3n) is 5.01. The van der Waals surface area contributed by atoms with Crippen molar-refractivity contribution in [3.8, 4) is 11.1 Å². The van der Waals surface area contributed by atoms with Crippen molar-refractivity contribution in [1.82, 2.24) is 25.0 Å². The molecule has 2 N–H and O–H groups in total. The molecule has 3 aromatic rings. The largest absolute Gasteiger partial charge is 0.371 e. The maximum absolute atomic E-state index is 12.1. The molecule has 3 heterocycles. The van der Waals surface area contributed by atoms with E-state index in [1.807, 2.05) is 38.1 Å². The molecule has 4 rings (SSSR count). The monoisotopic (exact) mass is 390 g/mol. The molecule has 1 aliphatic rings. The minimum atomic E-state index is -0.232. The topological polar surface area (TPSA) is 97.7 Å². The first-order chi connectivity index (χ1) is 14.1. The highest BCUT2D eigenvalue weighted by atomic mass is 16.5. The van der Waals surface area contributed by atoms with Crippen LogP contribution in [0.25, 0.3) is 11.1 Å². The Labute approximate surface area is 168 Å². The van der Waals surface area contributed by atoms with E-state index >= 15 is 0 Å². The van der Waals surface area contributed by atoms with E-state index in [-0.39, 0.29) is 11.6 Å². The van der Waals surface area contributed by atoms with Crippen LogP contribution in [0.2, 0.25) is 0 Å². The zero-order valence-electron chi connectivity index (χ0n) is 16.3. The van der Waals surface area contributed by atoms with Crippen molar-refractivity contribution in [2.75, 3.05) is 11.9 Å². The lowest BCUT2D eigenvalue weighted by molar-refractivity contribution is 0.0659. The average molecular weight is 390 g/mol. The number of hydrogen-bond acceptors (Lipinski definition) is 6. The maximum atomic E-state index is 12.1. The van der Waals surface area contributed by atoms with Crippen LogP contribution in [-0.4, -0.2) is 31.6 Å². The second kappa shape index (κ2) is 7.84. The molecule has 0 saturated carbocycles. The van der Waals surface area contributed by atoms with Crippen LogP contribution in [0.3, 0.4) is 0 Å². The van der Waals surface area contributed by atoms with Gasteiger partial charge in [-0.3, -0.25) is 9.36 Å². The molecule has 1 aromatic carbocycles. The zero-order chi connectivity index (χ0) is 20.4. The van der Waals surface area contributed by atoms with Crippen LogP contribution >= 0.6 is 0 Å². The van der Waals surface area contributed by atoms with E-state index in [4.69, 9.17) is 4.74 Å². The van der Waals surface area contributed by atoms with Gasteiger partial charge < -0.3 is 10.1 Å². The summed E-state index contributed by atoms with van der Waals surface area (Å²) in [6, 6.07) is 7.50. The van der Waals surface area contributed by atoms with Crippen LogP contribution in [0.5, 0.6) is 0 Å². The molecule has 1 atom stereocenters. The molecule has 0 fully saturated rings. The minimum absolute atomic E-state index is 0.0132. The zero-order valence-corrected chi connectivity index (χ0v) is 16.3. The lowest BCUT2D eigenvalue weighted by Crippen LogP contribution is -2.25. The maximum Gasteiger partial charge on any atom is 0.272 e. The Hall–Kier alpha value is -3.52. The van der Waals surface area contributed by atoms with Crippen LogP contribution in [0.15, 0.2) is 59.6 Å². The molecule has 0 saturated heterocycles. The lowest BCUT2D eigenvalue weighted by Gasteiger charge is -2.27. The Kier molecular flexibility index (Phi) is 5.09. The molecular formula is C21H22N6O2. The number of ether oxygens (including phenoxy) is 1. The first kappa shape index (κ1) is 18.8. The Morgan fingerprint density at radius 3 is 3.03 bits per heavy atom. The standard InChI is InChI=1S/C21H22N6O2/c1-4-5-14(3)18-11-29-12-19-24-26-21(27(18)19)23-17-10-15(7-6-13(17)2)16-8-9-22-25-20(16)28/h4-10,18H,1,11-12H2,2-3H3,(H,23,26)(H,25,28)/b14-5+/t18-/m0/s1. The highest BCUT2D eigenvalue weighted by Gasteiger charge is 2.26. The highest BCUT2D eigenvalue weighted by Crippen LogP contribution is 2.31. The molecular weight excluding hydrogens is 368 g/mol. The fraction of sp³-hybridized carbons (Fsp3) is 0.238. The SMILES string of the molecule is C=C/C=C(\C)[C@@H]1COCc2nnc(Nc3cc(-c4ccn[nH]c4=O)ccc3C)n21. The number of aryl methyl sites for hydroxylation is 1. The number of nitrogens with one attached hydrogen (secondary N) is 2. The van der Waals surface area contributed by atoms with Crippen LogP contribution in [0.1, 0.15) is 24.4 Å². The molecule has 1 aliphatic heterocycles. The van der Waals surface area contributed by atoms with Gasteiger partial charge in [0.15, 0.2) is 5.82 Å². The first-order valence-corrected chi connectivity index (χ1v) is 9.31. The van der Waals surface area contributed by atoms with Gasteiger partial charge in [0.05, 0.1) is 18.2 Å². The van der Waals surface area contributed by atoms with E-state index in [1.54, 1.807) is 18.3 Å². The van der Waals surface area contributed by atoms with Gasteiger partial charge in [-0.2, -0.15) is 5.10 Å². The molecule has 29 heavy (non-hydrogen) atoms. The van der Waals surface area contributed by atoms with E-state index in [0.29, 0.717) is 24.7 Å². The number of benzene rings is 1. The normalized spacial score (nSPS) is 16.3. The summed E-state index contributed by atoms with van der Waals surface area (Å²) in [6.07, 6.45) is 5.30. The van der Waals surface area contributed by atoms with Crippen molar-refractivity contribution < 1.29 is 4.74 Å². The number of rotatable bonds is 5. The van der Waals surface area contributed by atoms with Gasteiger partial charge in [0, 0.05) is 11.9 Å². The molecule has 8 nitrogen and oxygen atoms in total.